The molecule has 0 bridgehead atoms. The predicted molar refractivity (Wildman–Crippen MR) is 121 cm³/mol. The van der Waals surface area contributed by atoms with Crippen LogP contribution >= 0.6 is 11.8 Å². The molecule has 0 radical (unpaired) electrons. The lowest BCUT2D eigenvalue weighted by atomic mass is 9.86. The van der Waals surface area contributed by atoms with Crippen molar-refractivity contribution in [3.05, 3.63) is 65.7 Å². The van der Waals surface area contributed by atoms with Crippen molar-refractivity contribution in [1.82, 2.24) is 10.3 Å². The third-order valence-electron chi connectivity index (χ3n) is 5.92. The molecule has 1 aliphatic carbocycles. The van der Waals surface area contributed by atoms with Gasteiger partial charge in [-0.05, 0) is 55.0 Å². The second-order valence-corrected chi connectivity index (χ2v) is 9.06. The first-order valence-corrected chi connectivity index (χ1v) is 11.4. The van der Waals surface area contributed by atoms with Crippen LogP contribution in [0.1, 0.15) is 55.5 Å². The van der Waals surface area contributed by atoms with Crippen LogP contribution in [0.4, 0.5) is 0 Å². The molecule has 0 saturated heterocycles. The van der Waals surface area contributed by atoms with E-state index in [2.05, 4.69) is 43.4 Å². The molecule has 1 saturated carbocycles. The normalized spacial score (nSPS) is 19.2. The summed E-state index contributed by atoms with van der Waals surface area (Å²) < 4.78 is 0. The Hall–Kier alpha value is -2.33. The molecule has 0 aliphatic heterocycles. The zero-order valence-electron chi connectivity index (χ0n) is 17.2. The maximum atomic E-state index is 13.2. The molecule has 2 atom stereocenters. The predicted octanol–water partition coefficient (Wildman–Crippen LogP) is 6.26. The molecule has 150 valence electrons. The molecule has 0 spiro atoms. The lowest BCUT2D eigenvalue weighted by Gasteiger charge is -2.29. The lowest BCUT2D eigenvalue weighted by Crippen LogP contribution is -2.41. The van der Waals surface area contributed by atoms with Crippen LogP contribution in [0.2, 0.25) is 0 Å². The maximum Gasteiger partial charge on any atom is 0.252 e. The van der Waals surface area contributed by atoms with Crippen LogP contribution in [-0.4, -0.2) is 16.9 Å². The van der Waals surface area contributed by atoms with Gasteiger partial charge in [0, 0.05) is 16.3 Å². The smallest absolute Gasteiger partial charge is 0.252 e. The quantitative estimate of drug-likeness (QED) is 0.546. The van der Waals surface area contributed by atoms with Crippen LogP contribution in [-0.2, 0) is 6.42 Å². The molecule has 1 aromatic heterocycles. The van der Waals surface area contributed by atoms with Gasteiger partial charge in [0.15, 0.2) is 0 Å². The number of nitrogens with zero attached hydrogens (tertiary/aromatic N) is 1. The highest BCUT2D eigenvalue weighted by Crippen LogP contribution is 2.31. The molecule has 3 nitrogen and oxygen atoms in total. The number of pyridine rings is 1. The molecule has 4 rings (SSSR count). The van der Waals surface area contributed by atoms with Crippen molar-refractivity contribution in [3.8, 4) is 0 Å². The van der Waals surface area contributed by atoms with Crippen LogP contribution < -0.4 is 5.32 Å². The van der Waals surface area contributed by atoms with E-state index in [0.29, 0.717) is 5.92 Å². The van der Waals surface area contributed by atoms with Crippen LogP contribution in [0.3, 0.4) is 0 Å². The Morgan fingerprint density at radius 2 is 1.86 bits per heavy atom. The van der Waals surface area contributed by atoms with Gasteiger partial charge in [-0.1, -0.05) is 68.8 Å². The first kappa shape index (κ1) is 20.0. The monoisotopic (exact) mass is 404 g/mol. The molecule has 1 fully saturated rings. The fraction of sp³-hybridized carbons (Fsp3) is 0.360. The SMILES string of the molecule is CCc1ccc(Sc2cc(C(=O)N[C@H]3CCCC[C@@H]3C)c3ccccc3n2)cc1. The molecule has 1 N–H and O–H groups in total. The molecule has 1 heterocycles. The number of benzene rings is 2. The van der Waals surface area contributed by atoms with E-state index in [1.807, 2.05) is 30.3 Å². The number of carbonyl (C=O) groups is 1. The van der Waals surface area contributed by atoms with Gasteiger partial charge < -0.3 is 5.32 Å². The second-order valence-electron chi connectivity index (χ2n) is 7.97. The standard InChI is InChI=1S/C25H28N2OS/c1-3-18-12-14-19(15-13-18)29-24-16-21(20-9-5-7-11-23(20)26-24)25(28)27-22-10-6-4-8-17(22)2/h5,7,9,11-17,22H,3-4,6,8,10H2,1-2H3,(H,27,28)/t17-,22-/m0/s1. The molecular formula is C25H28N2OS. The zero-order chi connectivity index (χ0) is 20.2. The first-order chi connectivity index (χ1) is 14.1. The number of fused-ring (bicyclic) bond motifs is 1. The van der Waals surface area contributed by atoms with Gasteiger partial charge >= 0.3 is 0 Å². The van der Waals surface area contributed by atoms with Crippen molar-refractivity contribution in [2.75, 3.05) is 0 Å². The Morgan fingerprint density at radius 3 is 2.62 bits per heavy atom. The number of amides is 1. The molecule has 29 heavy (non-hydrogen) atoms. The Bertz CT molecular complexity index is 999. The molecular weight excluding hydrogens is 376 g/mol. The van der Waals surface area contributed by atoms with E-state index in [9.17, 15) is 4.79 Å². The highest BCUT2D eigenvalue weighted by atomic mass is 32.2. The van der Waals surface area contributed by atoms with Crippen LogP contribution in [0.15, 0.2) is 64.5 Å². The van der Waals surface area contributed by atoms with Crippen molar-refractivity contribution in [3.63, 3.8) is 0 Å². The van der Waals surface area contributed by atoms with E-state index in [1.54, 1.807) is 11.8 Å². The fourth-order valence-corrected chi connectivity index (χ4v) is 4.92. The largest absolute Gasteiger partial charge is 0.349 e. The van der Waals surface area contributed by atoms with Gasteiger partial charge in [-0.15, -0.1) is 0 Å². The average Bonchev–Trinajstić information content (AvgIpc) is 2.75. The van der Waals surface area contributed by atoms with Crippen LogP contribution in [0, 0.1) is 5.92 Å². The van der Waals surface area contributed by atoms with Gasteiger partial charge in [0.25, 0.3) is 5.91 Å². The van der Waals surface area contributed by atoms with Crippen molar-refractivity contribution >= 4 is 28.6 Å². The van der Waals surface area contributed by atoms with Gasteiger partial charge in [-0.2, -0.15) is 0 Å². The summed E-state index contributed by atoms with van der Waals surface area (Å²) in [6.07, 6.45) is 5.76. The number of aromatic nitrogens is 1. The Morgan fingerprint density at radius 1 is 1.10 bits per heavy atom. The summed E-state index contributed by atoms with van der Waals surface area (Å²) >= 11 is 1.61. The lowest BCUT2D eigenvalue weighted by molar-refractivity contribution is 0.0911. The number of aryl methyl sites for hydroxylation is 1. The molecule has 2 aromatic carbocycles. The van der Waals surface area contributed by atoms with E-state index in [0.717, 1.165) is 39.2 Å². The number of para-hydroxylation sites is 1. The van der Waals surface area contributed by atoms with E-state index in [1.165, 1.54) is 24.8 Å². The molecule has 1 aliphatic rings. The van der Waals surface area contributed by atoms with Gasteiger partial charge in [-0.3, -0.25) is 4.79 Å². The molecule has 1 amide bonds. The summed E-state index contributed by atoms with van der Waals surface area (Å²) in [5.74, 6) is 0.553. The minimum Gasteiger partial charge on any atom is -0.349 e. The Balaban J connectivity index is 1.63. The Kier molecular flexibility index (Phi) is 6.19. The van der Waals surface area contributed by atoms with Gasteiger partial charge in [0.2, 0.25) is 0 Å². The first-order valence-electron chi connectivity index (χ1n) is 10.6. The summed E-state index contributed by atoms with van der Waals surface area (Å²) in [7, 11) is 0. The van der Waals surface area contributed by atoms with E-state index in [-0.39, 0.29) is 11.9 Å². The van der Waals surface area contributed by atoms with Crippen molar-refractivity contribution < 1.29 is 4.79 Å². The fourth-order valence-electron chi connectivity index (χ4n) is 4.08. The molecule has 4 heteroatoms. The third kappa shape index (κ3) is 4.64. The van der Waals surface area contributed by atoms with Crippen molar-refractivity contribution in [2.45, 2.75) is 61.9 Å². The number of rotatable bonds is 5. The van der Waals surface area contributed by atoms with Crippen LogP contribution in [0.25, 0.3) is 10.9 Å². The highest BCUT2D eigenvalue weighted by molar-refractivity contribution is 7.99. The van der Waals surface area contributed by atoms with E-state index in [4.69, 9.17) is 4.98 Å². The minimum absolute atomic E-state index is 0.0190. The summed E-state index contributed by atoms with van der Waals surface area (Å²) in [4.78, 5) is 19.1. The number of hydrogen-bond acceptors (Lipinski definition) is 3. The number of carbonyl (C=O) groups excluding carboxylic acids is 1. The summed E-state index contributed by atoms with van der Waals surface area (Å²) in [6, 6.07) is 18.7. The molecule has 3 aromatic rings. The number of hydrogen-bond donors (Lipinski definition) is 1. The van der Waals surface area contributed by atoms with Gasteiger partial charge in [0.1, 0.15) is 5.03 Å². The van der Waals surface area contributed by atoms with E-state index >= 15 is 0 Å². The number of nitrogens with one attached hydrogen (secondary N) is 1. The van der Waals surface area contributed by atoms with Gasteiger partial charge in [-0.25, -0.2) is 4.98 Å². The molecule has 0 unspecified atom stereocenters. The van der Waals surface area contributed by atoms with E-state index < -0.39 is 0 Å². The van der Waals surface area contributed by atoms with Crippen molar-refractivity contribution in [2.24, 2.45) is 5.92 Å². The van der Waals surface area contributed by atoms with Crippen molar-refractivity contribution in [1.29, 1.82) is 0 Å². The maximum absolute atomic E-state index is 13.2. The summed E-state index contributed by atoms with van der Waals surface area (Å²) in [5.41, 5.74) is 2.91. The third-order valence-corrected chi connectivity index (χ3v) is 6.85. The van der Waals surface area contributed by atoms with Crippen LogP contribution in [0.5, 0.6) is 0 Å². The minimum atomic E-state index is 0.0190. The Labute approximate surface area is 177 Å². The highest BCUT2D eigenvalue weighted by Gasteiger charge is 2.24. The summed E-state index contributed by atoms with van der Waals surface area (Å²) in [6.45, 7) is 4.40. The van der Waals surface area contributed by atoms with Gasteiger partial charge in [0.05, 0.1) is 11.1 Å². The second kappa shape index (κ2) is 9.00. The summed E-state index contributed by atoms with van der Waals surface area (Å²) in [5, 5.41) is 5.08. The zero-order valence-corrected chi connectivity index (χ0v) is 18.0. The average molecular weight is 405 g/mol. The topological polar surface area (TPSA) is 42.0 Å².